The Balaban J connectivity index is 2.37. The lowest BCUT2D eigenvalue weighted by atomic mass is 10.1. The molecular weight excluding hydrogens is 418 g/mol. The molecule has 1 aromatic rings. The van der Waals surface area contributed by atoms with Gasteiger partial charge in [-0.2, -0.15) is 0 Å². The van der Waals surface area contributed by atoms with E-state index in [0.717, 1.165) is 10.0 Å². The molecule has 0 bridgehead atoms. The van der Waals surface area contributed by atoms with E-state index in [0.29, 0.717) is 31.7 Å². The predicted octanol–water partition coefficient (Wildman–Crippen LogP) is 1.20. The van der Waals surface area contributed by atoms with Crippen LogP contribution in [0.1, 0.15) is 18.9 Å². The summed E-state index contributed by atoms with van der Waals surface area (Å²) in [5.41, 5.74) is 1.02. The Morgan fingerprint density at radius 2 is 2.07 bits per heavy atom. The van der Waals surface area contributed by atoms with Gasteiger partial charge in [-0.1, -0.05) is 6.07 Å². The summed E-state index contributed by atoms with van der Waals surface area (Å²) >= 11 is 3.45. The molecule has 0 aromatic heterocycles. The Kier molecular flexibility index (Phi) is 10.8. The van der Waals surface area contributed by atoms with Crippen molar-refractivity contribution in [3.8, 4) is 5.75 Å². The first-order valence-electron chi connectivity index (χ1n) is 8.70. The van der Waals surface area contributed by atoms with E-state index >= 15 is 0 Å². The largest absolute Gasteiger partial charge is 0.490 e. The van der Waals surface area contributed by atoms with Gasteiger partial charge in [-0.05, 0) is 47.0 Å². The minimum atomic E-state index is -0.701. The molecular formula is C18H28BrN3O5. The van der Waals surface area contributed by atoms with Crippen molar-refractivity contribution in [2.24, 2.45) is 0 Å². The molecule has 0 saturated heterocycles. The van der Waals surface area contributed by atoms with Crippen LogP contribution >= 0.6 is 15.9 Å². The summed E-state index contributed by atoms with van der Waals surface area (Å²) in [7, 11) is 2.92. The third-order valence-corrected chi connectivity index (χ3v) is 4.39. The predicted molar refractivity (Wildman–Crippen MR) is 106 cm³/mol. The van der Waals surface area contributed by atoms with Gasteiger partial charge in [-0.3, -0.25) is 4.79 Å². The van der Waals surface area contributed by atoms with E-state index in [-0.39, 0.29) is 18.6 Å². The molecule has 1 aromatic carbocycles. The fraction of sp³-hybridized carbons (Fsp3) is 0.556. The molecule has 0 fully saturated rings. The third kappa shape index (κ3) is 9.60. The average molecular weight is 446 g/mol. The number of ether oxygens (including phenoxy) is 2. The van der Waals surface area contributed by atoms with Crippen LogP contribution in [0.5, 0.6) is 5.75 Å². The molecule has 0 radical (unpaired) electrons. The number of aliphatic hydroxyl groups excluding tert-OH is 1. The highest BCUT2D eigenvalue weighted by molar-refractivity contribution is 9.10. The van der Waals surface area contributed by atoms with Crippen molar-refractivity contribution in [1.29, 1.82) is 0 Å². The average Bonchev–Trinajstić information content (AvgIpc) is 2.65. The third-order valence-electron chi connectivity index (χ3n) is 3.77. The summed E-state index contributed by atoms with van der Waals surface area (Å²) in [5.74, 6) is 0.573. The Morgan fingerprint density at radius 1 is 1.33 bits per heavy atom. The van der Waals surface area contributed by atoms with Crippen LogP contribution in [0, 0.1) is 0 Å². The number of benzene rings is 1. The normalized spacial score (nSPS) is 12.8. The van der Waals surface area contributed by atoms with E-state index in [2.05, 4.69) is 36.6 Å². The Labute approximate surface area is 168 Å². The first-order chi connectivity index (χ1) is 12.8. The molecule has 1 rings (SSSR count). The van der Waals surface area contributed by atoms with Gasteiger partial charge in [0.05, 0.1) is 11.6 Å². The maximum absolute atomic E-state index is 11.3. The summed E-state index contributed by atoms with van der Waals surface area (Å²) in [6, 6.07) is 5.58. The van der Waals surface area contributed by atoms with E-state index in [1.54, 1.807) is 7.05 Å². The zero-order valence-electron chi connectivity index (χ0n) is 15.9. The number of alkyl carbamates (subject to hydrolysis) is 1. The number of rotatable bonds is 11. The number of carbonyl (C=O) groups excluding carboxylic acids is 2. The molecule has 152 valence electrons. The van der Waals surface area contributed by atoms with Crippen LogP contribution in [-0.2, 0) is 16.0 Å². The first-order valence-corrected chi connectivity index (χ1v) is 9.50. The summed E-state index contributed by atoms with van der Waals surface area (Å²) in [4.78, 5) is 22.3. The van der Waals surface area contributed by atoms with Gasteiger partial charge in [0.25, 0.3) is 0 Å². The highest BCUT2D eigenvalue weighted by atomic mass is 79.9. The second kappa shape index (κ2) is 12.5. The van der Waals surface area contributed by atoms with E-state index < -0.39 is 12.2 Å². The standard InChI is InChI=1S/C18H28BrN3O5/c1-12(8-17(24)20-2)22-10-14(23)11-27-16-5-4-13(9-15(16)19)6-7-21-18(25)26-3/h4-5,9,12,14,22-23H,6-8,10-11H2,1-3H3,(H,20,24)(H,21,25). The highest BCUT2D eigenvalue weighted by Gasteiger charge is 2.12. The van der Waals surface area contributed by atoms with Crippen LogP contribution in [0.15, 0.2) is 22.7 Å². The summed E-state index contributed by atoms with van der Waals surface area (Å²) in [5, 5.41) is 18.3. The van der Waals surface area contributed by atoms with Gasteiger partial charge in [0.15, 0.2) is 0 Å². The smallest absolute Gasteiger partial charge is 0.406 e. The van der Waals surface area contributed by atoms with Crippen LogP contribution in [0.2, 0.25) is 0 Å². The second-order valence-electron chi connectivity index (χ2n) is 6.08. The van der Waals surface area contributed by atoms with Crippen molar-refractivity contribution < 1.29 is 24.2 Å². The van der Waals surface area contributed by atoms with E-state index in [1.165, 1.54) is 7.11 Å². The number of carbonyl (C=O) groups is 2. The Bertz CT molecular complexity index is 615. The van der Waals surface area contributed by atoms with Crippen molar-refractivity contribution in [1.82, 2.24) is 16.0 Å². The molecule has 0 saturated carbocycles. The summed E-state index contributed by atoms with van der Waals surface area (Å²) in [6.45, 7) is 2.81. The monoisotopic (exact) mass is 445 g/mol. The van der Waals surface area contributed by atoms with Crippen LogP contribution in [0.4, 0.5) is 4.79 Å². The minimum absolute atomic E-state index is 0.0378. The van der Waals surface area contributed by atoms with Crippen molar-refractivity contribution in [2.45, 2.75) is 31.9 Å². The SMILES string of the molecule is CNC(=O)CC(C)NCC(O)COc1ccc(CCNC(=O)OC)cc1Br. The van der Waals surface area contributed by atoms with Gasteiger partial charge in [0.2, 0.25) is 5.91 Å². The molecule has 0 aliphatic rings. The maximum Gasteiger partial charge on any atom is 0.406 e. The number of nitrogens with one attached hydrogen (secondary N) is 3. The number of methoxy groups -OCH3 is 1. The van der Waals surface area contributed by atoms with E-state index in [9.17, 15) is 14.7 Å². The topological polar surface area (TPSA) is 109 Å². The molecule has 2 amide bonds. The molecule has 9 heteroatoms. The molecule has 2 atom stereocenters. The lowest BCUT2D eigenvalue weighted by Gasteiger charge is -2.17. The lowest BCUT2D eigenvalue weighted by Crippen LogP contribution is -2.39. The fourth-order valence-electron chi connectivity index (χ4n) is 2.23. The maximum atomic E-state index is 11.3. The Morgan fingerprint density at radius 3 is 2.70 bits per heavy atom. The zero-order chi connectivity index (χ0) is 20.2. The van der Waals surface area contributed by atoms with Gasteiger partial charge in [-0.25, -0.2) is 4.79 Å². The van der Waals surface area contributed by atoms with Crippen LogP contribution < -0.4 is 20.7 Å². The lowest BCUT2D eigenvalue weighted by molar-refractivity contribution is -0.121. The van der Waals surface area contributed by atoms with Crippen molar-refractivity contribution in [3.05, 3.63) is 28.2 Å². The molecule has 0 aliphatic carbocycles. The molecule has 0 aliphatic heterocycles. The molecule has 2 unspecified atom stereocenters. The highest BCUT2D eigenvalue weighted by Crippen LogP contribution is 2.26. The van der Waals surface area contributed by atoms with Crippen LogP contribution in [-0.4, -0.2) is 63.1 Å². The Hall–Kier alpha value is -1.84. The summed E-state index contributed by atoms with van der Waals surface area (Å²) < 4.78 is 10.9. The van der Waals surface area contributed by atoms with E-state index in [1.807, 2.05) is 25.1 Å². The number of halogens is 1. The van der Waals surface area contributed by atoms with Gasteiger partial charge in [0, 0.05) is 32.6 Å². The quantitative estimate of drug-likeness (QED) is 0.407. The first kappa shape index (κ1) is 23.2. The van der Waals surface area contributed by atoms with Crippen LogP contribution in [0.3, 0.4) is 0 Å². The number of hydrogen-bond acceptors (Lipinski definition) is 6. The van der Waals surface area contributed by atoms with Gasteiger partial charge in [-0.15, -0.1) is 0 Å². The minimum Gasteiger partial charge on any atom is -0.490 e. The molecule has 8 nitrogen and oxygen atoms in total. The van der Waals surface area contributed by atoms with Crippen LogP contribution in [0.25, 0.3) is 0 Å². The number of amides is 2. The zero-order valence-corrected chi connectivity index (χ0v) is 17.5. The molecule has 0 heterocycles. The molecule has 0 spiro atoms. The van der Waals surface area contributed by atoms with Crippen molar-refractivity contribution in [2.75, 3.05) is 33.9 Å². The van der Waals surface area contributed by atoms with Gasteiger partial charge >= 0.3 is 6.09 Å². The number of hydrogen-bond donors (Lipinski definition) is 4. The number of aliphatic hydroxyl groups is 1. The van der Waals surface area contributed by atoms with E-state index in [4.69, 9.17) is 4.74 Å². The second-order valence-corrected chi connectivity index (χ2v) is 6.94. The fourth-order valence-corrected chi connectivity index (χ4v) is 2.77. The van der Waals surface area contributed by atoms with Crippen molar-refractivity contribution in [3.63, 3.8) is 0 Å². The molecule has 27 heavy (non-hydrogen) atoms. The van der Waals surface area contributed by atoms with Gasteiger partial charge < -0.3 is 30.5 Å². The molecule has 4 N–H and O–H groups in total. The van der Waals surface area contributed by atoms with Crippen molar-refractivity contribution >= 4 is 27.9 Å². The summed E-state index contributed by atoms with van der Waals surface area (Å²) in [6.07, 6.45) is -0.152. The van der Waals surface area contributed by atoms with Gasteiger partial charge in [0.1, 0.15) is 18.5 Å².